The summed E-state index contributed by atoms with van der Waals surface area (Å²) in [5, 5.41) is 2.81. The number of rotatable bonds is 6. The van der Waals surface area contributed by atoms with Crippen molar-refractivity contribution in [3.63, 3.8) is 0 Å². The van der Waals surface area contributed by atoms with Crippen LogP contribution in [0.15, 0.2) is 24.3 Å². The molecule has 4 heteroatoms. The van der Waals surface area contributed by atoms with Gasteiger partial charge in [0.1, 0.15) is 0 Å². The molecule has 1 unspecified atom stereocenters. The third kappa shape index (κ3) is 4.04. The summed E-state index contributed by atoms with van der Waals surface area (Å²) in [6, 6.07) is 8.20. The van der Waals surface area contributed by atoms with Crippen LogP contribution in [0.1, 0.15) is 24.8 Å². The van der Waals surface area contributed by atoms with Crippen molar-refractivity contribution in [1.82, 2.24) is 5.32 Å². The van der Waals surface area contributed by atoms with Crippen LogP contribution in [0.25, 0.3) is 0 Å². The molecule has 0 bridgehead atoms. The van der Waals surface area contributed by atoms with Gasteiger partial charge >= 0.3 is 0 Å². The van der Waals surface area contributed by atoms with Gasteiger partial charge in [0.2, 0.25) is 5.91 Å². The molecule has 1 atom stereocenters. The number of anilines is 1. The first kappa shape index (κ1) is 14.5. The summed E-state index contributed by atoms with van der Waals surface area (Å²) in [6.45, 7) is 3.06. The molecular weight excluding hydrogens is 226 g/mol. The number of nitrogens with one attached hydrogen (secondary N) is 1. The molecule has 0 heterocycles. The summed E-state index contributed by atoms with van der Waals surface area (Å²) in [7, 11) is 4.01. The van der Waals surface area contributed by atoms with E-state index < -0.39 is 0 Å². The second-order valence-electron chi connectivity index (χ2n) is 4.58. The standard InChI is InChI=1S/C14H23N3O/c1-4-16-14(18)9-12(10-15)11-5-7-13(8-6-11)17(2)3/h5-8,12H,4,9-10,15H2,1-3H3,(H,16,18). The van der Waals surface area contributed by atoms with Gasteiger partial charge in [-0.1, -0.05) is 12.1 Å². The van der Waals surface area contributed by atoms with Gasteiger partial charge in [-0.3, -0.25) is 4.79 Å². The highest BCUT2D eigenvalue weighted by atomic mass is 16.1. The molecule has 1 rings (SSSR count). The second-order valence-corrected chi connectivity index (χ2v) is 4.58. The maximum atomic E-state index is 11.6. The van der Waals surface area contributed by atoms with Crippen LogP contribution >= 0.6 is 0 Å². The van der Waals surface area contributed by atoms with Gasteiger partial charge in [0.15, 0.2) is 0 Å². The minimum Gasteiger partial charge on any atom is -0.378 e. The predicted octanol–water partition coefficient (Wildman–Crippen LogP) is 1.32. The van der Waals surface area contributed by atoms with Crippen molar-refractivity contribution in [2.75, 3.05) is 32.1 Å². The normalized spacial score (nSPS) is 12.0. The summed E-state index contributed by atoms with van der Waals surface area (Å²) < 4.78 is 0. The summed E-state index contributed by atoms with van der Waals surface area (Å²) in [6.07, 6.45) is 0.450. The lowest BCUT2D eigenvalue weighted by Gasteiger charge is -2.17. The number of amides is 1. The smallest absolute Gasteiger partial charge is 0.220 e. The van der Waals surface area contributed by atoms with Crippen molar-refractivity contribution in [2.24, 2.45) is 5.73 Å². The topological polar surface area (TPSA) is 58.4 Å². The Balaban J connectivity index is 2.73. The Kier molecular flexibility index (Phi) is 5.65. The van der Waals surface area contributed by atoms with E-state index in [1.165, 1.54) is 0 Å². The molecule has 0 aliphatic carbocycles. The average molecular weight is 249 g/mol. The zero-order valence-corrected chi connectivity index (χ0v) is 11.4. The van der Waals surface area contributed by atoms with Gasteiger partial charge in [-0.25, -0.2) is 0 Å². The number of benzene rings is 1. The maximum Gasteiger partial charge on any atom is 0.220 e. The van der Waals surface area contributed by atoms with Crippen LogP contribution in [0.2, 0.25) is 0 Å². The Labute approximate surface area is 109 Å². The van der Waals surface area contributed by atoms with E-state index in [4.69, 9.17) is 5.73 Å². The Morgan fingerprint density at radius 3 is 2.39 bits per heavy atom. The highest BCUT2D eigenvalue weighted by Gasteiger charge is 2.14. The summed E-state index contributed by atoms with van der Waals surface area (Å²) in [5.74, 6) is 0.150. The Hall–Kier alpha value is -1.55. The Morgan fingerprint density at radius 2 is 1.94 bits per heavy atom. The molecule has 0 saturated carbocycles. The summed E-state index contributed by atoms with van der Waals surface area (Å²) in [4.78, 5) is 13.6. The number of nitrogens with two attached hydrogens (primary N) is 1. The van der Waals surface area contributed by atoms with E-state index in [9.17, 15) is 4.79 Å². The van der Waals surface area contributed by atoms with Crippen molar-refractivity contribution in [2.45, 2.75) is 19.3 Å². The summed E-state index contributed by atoms with van der Waals surface area (Å²) >= 11 is 0. The highest BCUT2D eigenvalue weighted by Crippen LogP contribution is 2.21. The van der Waals surface area contributed by atoms with Crippen molar-refractivity contribution >= 4 is 11.6 Å². The van der Waals surface area contributed by atoms with Gasteiger partial charge in [-0.2, -0.15) is 0 Å². The fraction of sp³-hybridized carbons (Fsp3) is 0.500. The Bertz CT molecular complexity index is 373. The molecular formula is C14H23N3O. The van der Waals surface area contributed by atoms with E-state index in [2.05, 4.69) is 17.4 Å². The van der Waals surface area contributed by atoms with Crippen LogP contribution in [-0.2, 0) is 4.79 Å². The molecule has 0 fully saturated rings. The third-order valence-electron chi connectivity index (χ3n) is 2.97. The van der Waals surface area contributed by atoms with Crippen LogP contribution in [0.5, 0.6) is 0 Å². The van der Waals surface area contributed by atoms with Crippen LogP contribution in [-0.4, -0.2) is 33.1 Å². The first-order valence-electron chi connectivity index (χ1n) is 6.32. The molecule has 0 aliphatic rings. The molecule has 100 valence electrons. The van der Waals surface area contributed by atoms with Gasteiger partial charge in [0, 0.05) is 38.7 Å². The molecule has 18 heavy (non-hydrogen) atoms. The SMILES string of the molecule is CCNC(=O)CC(CN)c1ccc(N(C)C)cc1. The number of nitrogens with zero attached hydrogens (tertiary/aromatic N) is 1. The van der Waals surface area contributed by atoms with E-state index in [-0.39, 0.29) is 11.8 Å². The molecule has 0 saturated heterocycles. The van der Waals surface area contributed by atoms with Crippen molar-refractivity contribution in [1.29, 1.82) is 0 Å². The molecule has 0 aliphatic heterocycles. The van der Waals surface area contributed by atoms with Crippen LogP contribution < -0.4 is 16.0 Å². The maximum absolute atomic E-state index is 11.6. The van der Waals surface area contributed by atoms with Gasteiger partial charge in [0.05, 0.1) is 0 Å². The van der Waals surface area contributed by atoms with E-state index in [0.29, 0.717) is 19.5 Å². The molecule has 1 aromatic carbocycles. The third-order valence-corrected chi connectivity index (χ3v) is 2.97. The lowest BCUT2D eigenvalue weighted by Crippen LogP contribution is -2.27. The number of hydrogen-bond donors (Lipinski definition) is 2. The lowest BCUT2D eigenvalue weighted by atomic mass is 9.95. The van der Waals surface area contributed by atoms with Gasteiger partial charge in [-0.05, 0) is 31.2 Å². The second kappa shape index (κ2) is 7.01. The van der Waals surface area contributed by atoms with Gasteiger partial charge < -0.3 is 16.0 Å². The van der Waals surface area contributed by atoms with Crippen LogP contribution in [0.3, 0.4) is 0 Å². The van der Waals surface area contributed by atoms with E-state index in [1.54, 1.807) is 0 Å². The summed E-state index contributed by atoms with van der Waals surface area (Å²) in [5.41, 5.74) is 8.02. The number of carbonyl (C=O) groups excluding carboxylic acids is 1. The van der Waals surface area contributed by atoms with Gasteiger partial charge in [-0.15, -0.1) is 0 Å². The van der Waals surface area contributed by atoms with Crippen molar-refractivity contribution in [3.8, 4) is 0 Å². The van der Waals surface area contributed by atoms with Crippen molar-refractivity contribution < 1.29 is 4.79 Å². The largest absolute Gasteiger partial charge is 0.378 e. The van der Waals surface area contributed by atoms with E-state index in [1.807, 2.05) is 38.1 Å². The quantitative estimate of drug-likeness (QED) is 0.799. The Morgan fingerprint density at radius 1 is 1.33 bits per heavy atom. The molecule has 4 nitrogen and oxygen atoms in total. The van der Waals surface area contributed by atoms with Crippen molar-refractivity contribution in [3.05, 3.63) is 29.8 Å². The number of hydrogen-bond acceptors (Lipinski definition) is 3. The molecule has 3 N–H and O–H groups in total. The predicted molar refractivity (Wildman–Crippen MR) is 75.9 cm³/mol. The fourth-order valence-corrected chi connectivity index (χ4v) is 1.88. The minimum atomic E-state index is 0.0598. The lowest BCUT2D eigenvalue weighted by molar-refractivity contribution is -0.121. The van der Waals surface area contributed by atoms with Crippen LogP contribution in [0.4, 0.5) is 5.69 Å². The first-order chi connectivity index (χ1) is 8.58. The zero-order valence-electron chi connectivity index (χ0n) is 11.4. The van der Waals surface area contributed by atoms with Crippen LogP contribution in [0, 0.1) is 0 Å². The van der Waals surface area contributed by atoms with Gasteiger partial charge in [0.25, 0.3) is 0 Å². The molecule has 0 spiro atoms. The number of carbonyl (C=O) groups is 1. The molecule has 0 radical (unpaired) electrons. The van der Waals surface area contributed by atoms with E-state index >= 15 is 0 Å². The molecule has 0 aromatic heterocycles. The highest BCUT2D eigenvalue weighted by molar-refractivity contribution is 5.76. The zero-order chi connectivity index (χ0) is 13.5. The average Bonchev–Trinajstić information content (AvgIpc) is 2.36. The monoisotopic (exact) mass is 249 g/mol. The molecule has 1 aromatic rings. The first-order valence-corrected chi connectivity index (χ1v) is 6.32. The molecule has 1 amide bonds. The fourth-order valence-electron chi connectivity index (χ4n) is 1.88. The minimum absolute atomic E-state index is 0.0598. The van der Waals surface area contributed by atoms with E-state index in [0.717, 1.165) is 11.3 Å².